The number of rotatable bonds is 4. The van der Waals surface area contributed by atoms with Gasteiger partial charge in [-0.05, 0) is 37.5 Å². The molecule has 1 saturated heterocycles. The lowest BCUT2D eigenvalue weighted by molar-refractivity contribution is -0.168. The molecule has 1 heterocycles. The average molecular weight is 264 g/mol. The summed E-state index contributed by atoms with van der Waals surface area (Å²) in [6, 6.07) is 6.13. The van der Waals surface area contributed by atoms with E-state index in [1.165, 1.54) is 11.1 Å². The molecular weight excluding hydrogens is 240 g/mol. The van der Waals surface area contributed by atoms with E-state index < -0.39 is 11.7 Å². The quantitative estimate of drug-likeness (QED) is 0.908. The Morgan fingerprint density at radius 2 is 1.95 bits per heavy atom. The van der Waals surface area contributed by atoms with Crippen molar-refractivity contribution in [3.05, 3.63) is 34.9 Å². The van der Waals surface area contributed by atoms with Gasteiger partial charge in [0.1, 0.15) is 11.7 Å². The largest absolute Gasteiger partial charge is 0.385 e. The van der Waals surface area contributed by atoms with Crippen LogP contribution in [0.25, 0.3) is 0 Å². The first-order valence-electron chi connectivity index (χ1n) is 7.06. The van der Waals surface area contributed by atoms with Gasteiger partial charge in [-0.3, -0.25) is 0 Å². The summed E-state index contributed by atoms with van der Waals surface area (Å²) >= 11 is 0. The van der Waals surface area contributed by atoms with Crippen LogP contribution in [0.15, 0.2) is 18.2 Å². The van der Waals surface area contributed by atoms with Crippen LogP contribution in [0.3, 0.4) is 0 Å². The number of aryl methyl sites for hydroxylation is 2. The summed E-state index contributed by atoms with van der Waals surface area (Å²) in [5, 5.41) is 10.8. The summed E-state index contributed by atoms with van der Waals surface area (Å²) < 4.78 is 11.3. The molecular formula is C16H24O3. The highest BCUT2D eigenvalue weighted by Gasteiger charge is 2.41. The van der Waals surface area contributed by atoms with Crippen LogP contribution in [0.2, 0.25) is 0 Å². The highest BCUT2D eigenvalue weighted by atomic mass is 16.5. The molecule has 3 heteroatoms. The second kappa shape index (κ2) is 6.04. The summed E-state index contributed by atoms with van der Waals surface area (Å²) in [6.07, 6.45) is 0.903. The fraction of sp³-hybridized carbons (Fsp3) is 0.625. The summed E-state index contributed by atoms with van der Waals surface area (Å²) in [4.78, 5) is 0. The van der Waals surface area contributed by atoms with Crippen molar-refractivity contribution >= 4 is 0 Å². The lowest BCUT2D eigenvalue weighted by atomic mass is 9.83. The lowest BCUT2D eigenvalue weighted by Crippen LogP contribution is -2.44. The average Bonchev–Trinajstić information content (AvgIpc) is 2.42. The summed E-state index contributed by atoms with van der Waals surface area (Å²) in [5.41, 5.74) is 2.90. The SMILES string of the molecule is CCOC1(C(O)c2ccc(C)c(C)c2)CCOCC1. The molecule has 1 fully saturated rings. The van der Waals surface area contributed by atoms with Gasteiger partial charge < -0.3 is 14.6 Å². The maximum Gasteiger partial charge on any atom is 0.108 e. The minimum absolute atomic E-state index is 0.491. The Bertz CT molecular complexity index is 416. The first-order valence-corrected chi connectivity index (χ1v) is 7.06. The highest BCUT2D eigenvalue weighted by molar-refractivity contribution is 5.32. The third kappa shape index (κ3) is 2.99. The van der Waals surface area contributed by atoms with Crippen LogP contribution in [-0.2, 0) is 9.47 Å². The Kier molecular flexibility index (Phi) is 4.61. The molecule has 19 heavy (non-hydrogen) atoms. The van der Waals surface area contributed by atoms with E-state index in [1.54, 1.807) is 0 Å². The normalized spacial score (nSPS) is 20.2. The molecule has 106 valence electrons. The molecule has 0 radical (unpaired) electrons. The molecule has 3 nitrogen and oxygen atoms in total. The predicted octanol–water partition coefficient (Wildman–Crippen LogP) is 2.92. The van der Waals surface area contributed by atoms with E-state index in [0.717, 1.165) is 18.4 Å². The van der Waals surface area contributed by atoms with Crippen LogP contribution >= 0.6 is 0 Å². The zero-order valence-electron chi connectivity index (χ0n) is 12.1. The molecule has 0 bridgehead atoms. The molecule has 1 atom stereocenters. The summed E-state index contributed by atoms with van der Waals surface area (Å²) in [6.45, 7) is 8.05. The van der Waals surface area contributed by atoms with Crippen LogP contribution in [0.1, 0.15) is 42.6 Å². The molecule has 1 aromatic carbocycles. The first-order chi connectivity index (χ1) is 9.09. The fourth-order valence-corrected chi connectivity index (χ4v) is 2.74. The maximum atomic E-state index is 10.8. The van der Waals surface area contributed by atoms with Crippen LogP contribution < -0.4 is 0 Å². The second-order valence-electron chi connectivity index (χ2n) is 5.36. The number of aliphatic hydroxyl groups excluding tert-OH is 1. The molecule has 0 aliphatic carbocycles. The van der Waals surface area contributed by atoms with Crippen molar-refractivity contribution < 1.29 is 14.6 Å². The van der Waals surface area contributed by atoms with E-state index in [0.29, 0.717) is 19.8 Å². The van der Waals surface area contributed by atoms with E-state index in [4.69, 9.17) is 9.47 Å². The third-order valence-corrected chi connectivity index (χ3v) is 4.12. The zero-order valence-corrected chi connectivity index (χ0v) is 12.1. The molecule has 0 saturated carbocycles. The minimum Gasteiger partial charge on any atom is -0.385 e. The molecule has 2 rings (SSSR count). The van der Waals surface area contributed by atoms with Crippen LogP contribution in [0, 0.1) is 13.8 Å². The van der Waals surface area contributed by atoms with Crippen LogP contribution in [0.5, 0.6) is 0 Å². The lowest BCUT2D eigenvalue weighted by Gasteiger charge is -2.40. The van der Waals surface area contributed by atoms with Gasteiger partial charge in [-0.15, -0.1) is 0 Å². The third-order valence-electron chi connectivity index (χ3n) is 4.12. The molecule has 0 spiro atoms. The Hall–Kier alpha value is -0.900. The molecule has 1 aliphatic rings. The van der Waals surface area contributed by atoms with Crippen molar-refractivity contribution in [2.75, 3.05) is 19.8 Å². The number of hydrogen-bond acceptors (Lipinski definition) is 3. The van der Waals surface area contributed by atoms with Gasteiger partial charge in [-0.2, -0.15) is 0 Å². The highest BCUT2D eigenvalue weighted by Crippen LogP contribution is 2.38. The molecule has 0 aromatic heterocycles. The van der Waals surface area contributed by atoms with Crippen molar-refractivity contribution in [1.82, 2.24) is 0 Å². The van der Waals surface area contributed by atoms with Crippen molar-refractivity contribution in [1.29, 1.82) is 0 Å². The van der Waals surface area contributed by atoms with E-state index in [1.807, 2.05) is 13.0 Å². The van der Waals surface area contributed by atoms with Crippen LogP contribution in [0.4, 0.5) is 0 Å². The Labute approximate surface area is 115 Å². The minimum atomic E-state index is -0.587. The number of ether oxygens (including phenoxy) is 2. The first kappa shape index (κ1) is 14.5. The van der Waals surface area contributed by atoms with Crippen molar-refractivity contribution in [2.24, 2.45) is 0 Å². The van der Waals surface area contributed by atoms with Gasteiger partial charge in [-0.1, -0.05) is 18.2 Å². The molecule has 0 amide bonds. The molecule has 1 aliphatic heterocycles. The zero-order chi connectivity index (χ0) is 13.9. The molecule has 1 N–H and O–H groups in total. The number of hydrogen-bond donors (Lipinski definition) is 1. The van der Waals surface area contributed by atoms with Gasteiger partial charge in [0.2, 0.25) is 0 Å². The fourth-order valence-electron chi connectivity index (χ4n) is 2.74. The van der Waals surface area contributed by atoms with Gasteiger partial charge in [0.25, 0.3) is 0 Å². The van der Waals surface area contributed by atoms with Crippen molar-refractivity contribution in [2.45, 2.75) is 45.3 Å². The van der Waals surface area contributed by atoms with Gasteiger partial charge in [-0.25, -0.2) is 0 Å². The predicted molar refractivity (Wildman–Crippen MR) is 75.3 cm³/mol. The van der Waals surface area contributed by atoms with E-state index in [-0.39, 0.29) is 0 Å². The number of benzene rings is 1. The van der Waals surface area contributed by atoms with Gasteiger partial charge in [0.15, 0.2) is 0 Å². The molecule has 1 aromatic rings. The standard InChI is InChI=1S/C16H24O3/c1-4-19-16(7-9-18-10-8-16)15(17)14-6-5-12(2)13(3)11-14/h5-6,11,15,17H,4,7-10H2,1-3H3. The maximum absolute atomic E-state index is 10.8. The van der Waals surface area contributed by atoms with Crippen LogP contribution in [-0.4, -0.2) is 30.5 Å². The van der Waals surface area contributed by atoms with E-state index >= 15 is 0 Å². The topological polar surface area (TPSA) is 38.7 Å². The Balaban J connectivity index is 2.27. The number of aliphatic hydroxyl groups is 1. The van der Waals surface area contributed by atoms with Crippen molar-refractivity contribution in [3.63, 3.8) is 0 Å². The van der Waals surface area contributed by atoms with E-state index in [2.05, 4.69) is 26.0 Å². The van der Waals surface area contributed by atoms with Gasteiger partial charge in [0, 0.05) is 32.7 Å². The Morgan fingerprint density at radius 1 is 1.26 bits per heavy atom. The summed E-state index contributed by atoms with van der Waals surface area (Å²) in [5.74, 6) is 0. The smallest absolute Gasteiger partial charge is 0.108 e. The van der Waals surface area contributed by atoms with Gasteiger partial charge >= 0.3 is 0 Å². The van der Waals surface area contributed by atoms with Crippen molar-refractivity contribution in [3.8, 4) is 0 Å². The molecule has 1 unspecified atom stereocenters. The monoisotopic (exact) mass is 264 g/mol. The Morgan fingerprint density at radius 3 is 2.53 bits per heavy atom. The van der Waals surface area contributed by atoms with Gasteiger partial charge in [0.05, 0.1) is 0 Å². The van der Waals surface area contributed by atoms with E-state index in [9.17, 15) is 5.11 Å². The summed E-state index contributed by atoms with van der Waals surface area (Å²) in [7, 11) is 0. The second-order valence-corrected chi connectivity index (χ2v) is 5.36.